The van der Waals surface area contributed by atoms with Crippen LogP contribution in [0.15, 0.2) is 0 Å². The molecule has 1 amide bonds. The van der Waals surface area contributed by atoms with E-state index in [1.54, 1.807) is 27.7 Å². The number of carbonyl (C=O) groups excluding carboxylic acids is 1. The van der Waals surface area contributed by atoms with Crippen molar-refractivity contribution in [1.29, 1.82) is 0 Å². The highest BCUT2D eigenvalue weighted by Gasteiger charge is 2.22. The number of carbonyl (C=O) groups is 1. The maximum absolute atomic E-state index is 11.8. The minimum Gasteiger partial charge on any atom is -0.444 e. The van der Waals surface area contributed by atoms with Crippen LogP contribution >= 0.6 is 0 Å². The molecule has 2 unspecified atom stereocenters. The van der Waals surface area contributed by atoms with Gasteiger partial charge in [-0.2, -0.15) is 16.8 Å². The number of hydrogen-bond donors (Lipinski definition) is 3. The van der Waals surface area contributed by atoms with E-state index in [-0.39, 0.29) is 18.8 Å². The maximum atomic E-state index is 11.8. The van der Waals surface area contributed by atoms with Crippen LogP contribution in [0.1, 0.15) is 47.0 Å². The highest BCUT2D eigenvalue weighted by molar-refractivity contribution is 7.86. The minimum absolute atomic E-state index is 0.0450. The van der Waals surface area contributed by atoms with Gasteiger partial charge < -0.3 is 10.1 Å². The highest BCUT2D eigenvalue weighted by Crippen LogP contribution is 2.14. The van der Waals surface area contributed by atoms with Gasteiger partial charge in [-0.25, -0.2) is 4.79 Å². The molecule has 0 aliphatic rings. The average molecular weight is 389 g/mol. The lowest BCUT2D eigenvalue weighted by Gasteiger charge is -2.24. The Bertz CT molecular complexity index is 606. The van der Waals surface area contributed by atoms with Crippen LogP contribution in [0.4, 0.5) is 4.79 Å². The van der Waals surface area contributed by atoms with Gasteiger partial charge in [-0.15, -0.1) is 0 Å². The van der Waals surface area contributed by atoms with E-state index in [1.807, 2.05) is 0 Å². The molecule has 11 heteroatoms. The molecule has 24 heavy (non-hydrogen) atoms. The molecule has 2 atom stereocenters. The van der Waals surface area contributed by atoms with Gasteiger partial charge in [-0.05, 0) is 46.0 Å². The predicted molar refractivity (Wildman–Crippen MR) is 89.0 cm³/mol. The Labute approximate surface area is 143 Å². The summed E-state index contributed by atoms with van der Waals surface area (Å²) in [6, 6.07) is -0.620. The van der Waals surface area contributed by atoms with Gasteiger partial charge in [0.15, 0.2) is 0 Å². The molecule has 0 saturated heterocycles. The van der Waals surface area contributed by atoms with Crippen molar-refractivity contribution in [2.75, 3.05) is 11.5 Å². The summed E-state index contributed by atoms with van der Waals surface area (Å²) in [5.41, 5.74) is -0.726. The van der Waals surface area contributed by atoms with Crippen molar-refractivity contribution >= 4 is 26.3 Å². The van der Waals surface area contributed by atoms with Crippen LogP contribution in [0.25, 0.3) is 0 Å². The van der Waals surface area contributed by atoms with Gasteiger partial charge >= 0.3 is 6.09 Å². The SMILES string of the molecule is CC(CCC(CCS(=O)(=O)O)NC(=O)OC(C)(C)C)CS(=O)(=O)O. The molecule has 0 aliphatic carbocycles. The van der Waals surface area contributed by atoms with E-state index in [0.717, 1.165) is 0 Å². The topological polar surface area (TPSA) is 147 Å². The van der Waals surface area contributed by atoms with E-state index in [2.05, 4.69) is 5.32 Å². The van der Waals surface area contributed by atoms with E-state index < -0.39 is 49.5 Å². The van der Waals surface area contributed by atoms with Gasteiger partial charge in [-0.3, -0.25) is 9.11 Å². The predicted octanol–water partition coefficient (Wildman–Crippen LogP) is 1.46. The normalized spacial score (nSPS) is 15.6. The third-order valence-electron chi connectivity index (χ3n) is 2.95. The molecule has 0 aromatic rings. The van der Waals surface area contributed by atoms with Crippen LogP contribution in [0.2, 0.25) is 0 Å². The van der Waals surface area contributed by atoms with Gasteiger partial charge in [0.1, 0.15) is 5.60 Å². The van der Waals surface area contributed by atoms with E-state index in [0.29, 0.717) is 6.42 Å². The van der Waals surface area contributed by atoms with Crippen LogP contribution in [-0.2, 0) is 25.0 Å². The van der Waals surface area contributed by atoms with Crippen LogP contribution < -0.4 is 5.32 Å². The van der Waals surface area contributed by atoms with E-state index >= 15 is 0 Å². The molecule has 0 fully saturated rings. The molecule has 0 radical (unpaired) electrons. The van der Waals surface area contributed by atoms with Crippen molar-refractivity contribution < 1.29 is 35.5 Å². The maximum Gasteiger partial charge on any atom is 0.407 e. The number of ether oxygens (including phenoxy) is 1. The molecule has 0 heterocycles. The van der Waals surface area contributed by atoms with Crippen LogP contribution in [0.3, 0.4) is 0 Å². The highest BCUT2D eigenvalue weighted by atomic mass is 32.2. The van der Waals surface area contributed by atoms with Crippen molar-refractivity contribution in [3.8, 4) is 0 Å². The molecular formula is C13H27NO8S2. The average Bonchev–Trinajstić information content (AvgIpc) is 2.26. The molecule has 0 spiro atoms. The lowest BCUT2D eigenvalue weighted by Crippen LogP contribution is -2.40. The number of alkyl carbamates (subject to hydrolysis) is 1. The zero-order valence-electron chi connectivity index (χ0n) is 14.4. The summed E-state index contributed by atoms with van der Waals surface area (Å²) >= 11 is 0. The van der Waals surface area contributed by atoms with Crippen molar-refractivity contribution in [3.63, 3.8) is 0 Å². The second-order valence-corrected chi connectivity index (χ2v) is 9.92. The zero-order valence-corrected chi connectivity index (χ0v) is 16.0. The van der Waals surface area contributed by atoms with Crippen molar-refractivity contribution in [2.24, 2.45) is 5.92 Å². The molecule has 0 aromatic heterocycles. The fraction of sp³-hybridized carbons (Fsp3) is 0.923. The van der Waals surface area contributed by atoms with Crippen LogP contribution in [-0.4, -0.2) is 55.2 Å². The largest absolute Gasteiger partial charge is 0.444 e. The van der Waals surface area contributed by atoms with Gasteiger partial charge in [-0.1, -0.05) is 6.92 Å². The van der Waals surface area contributed by atoms with Gasteiger partial charge in [0.2, 0.25) is 0 Å². The summed E-state index contributed by atoms with van der Waals surface area (Å²) in [5, 5.41) is 2.52. The Morgan fingerprint density at radius 2 is 1.58 bits per heavy atom. The summed E-state index contributed by atoms with van der Waals surface area (Å²) in [5.74, 6) is -1.35. The number of amides is 1. The van der Waals surface area contributed by atoms with Gasteiger partial charge in [0, 0.05) is 6.04 Å². The second-order valence-electron chi connectivity index (χ2n) is 6.85. The molecular weight excluding hydrogens is 362 g/mol. The minimum atomic E-state index is -4.19. The van der Waals surface area contributed by atoms with Crippen molar-refractivity contribution in [2.45, 2.75) is 58.6 Å². The lowest BCUT2D eigenvalue weighted by atomic mass is 10.0. The first-order valence-corrected chi connectivity index (χ1v) is 10.7. The van der Waals surface area contributed by atoms with Crippen molar-refractivity contribution in [1.82, 2.24) is 5.32 Å². The van der Waals surface area contributed by atoms with E-state index in [4.69, 9.17) is 13.8 Å². The quantitative estimate of drug-likeness (QED) is 0.502. The monoisotopic (exact) mass is 389 g/mol. The summed E-state index contributed by atoms with van der Waals surface area (Å²) in [6.45, 7) is 6.64. The number of hydrogen-bond acceptors (Lipinski definition) is 6. The smallest absolute Gasteiger partial charge is 0.407 e. The third kappa shape index (κ3) is 14.7. The lowest BCUT2D eigenvalue weighted by molar-refractivity contribution is 0.0498. The molecule has 9 nitrogen and oxygen atoms in total. The van der Waals surface area contributed by atoms with E-state index in [1.165, 1.54) is 0 Å². The van der Waals surface area contributed by atoms with Gasteiger partial charge in [0.05, 0.1) is 11.5 Å². The molecule has 0 aromatic carbocycles. The number of nitrogens with one attached hydrogen (secondary N) is 1. The Kier molecular flexibility index (Phi) is 8.63. The molecule has 0 aliphatic heterocycles. The standard InChI is InChI=1S/C13H27NO8S2/c1-10(9-24(19,20)21)5-6-11(7-8-23(16,17)18)14-12(15)22-13(2,3)4/h10-11H,5-9H2,1-4H3,(H,14,15)(H,16,17,18)(H,19,20,21). The van der Waals surface area contributed by atoms with E-state index in [9.17, 15) is 21.6 Å². The molecule has 0 saturated carbocycles. The fourth-order valence-electron chi connectivity index (χ4n) is 1.98. The Morgan fingerprint density at radius 3 is 2.00 bits per heavy atom. The second kappa shape index (κ2) is 8.97. The Balaban J connectivity index is 4.72. The van der Waals surface area contributed by atoms with Crippen LogP contribution in [0.5, 0.6) is 0 Å². The third-order valence-corrected chi connectivity index (χ3v) is 4.69. The summed E-state index contributed by atoms with van der Waals surface area (Å²) in [7, 11) is -8.29. The fourth-order valence-corrected chi connectivity index (χ4v) is 3.45. The zero-order chi connectivity index (χ0) is 19.2. The Hall–Kier alpha value is -0.910. The molecule has 144 valence electrons. The molecule has 0 bridgehead atoms. The first-order valence-electron chi connectivity index (χ1n) is 7.47. The first-order chi connectivity index (χ1) is 10.6. The Morgan fingerprint density at radius 1 is 1.04 bits per heavy atom. The van der Waals surface area contributed by atoms with Gasteiger partial charge in [0.25, 0.3) is 20.2 Å². The molecule has 3 N–H and O–H groups in total. The number of rotatable bonds is 9. The molecule has 0 rings (SSSR count). The summed E-state index contributed by atoms with van der Waals surface area (Å²) < 4.78 is 66.1. The first kappa shape index (κ1) is 23.1. The van der Waals surface area contributed by atoms with Crippen LogP contribution in [0, 0.1) is 5.92 Å². The summed E-state index contributed by atoms with van der Waals surface area (Å²) in [6.07, 6.45) is -0.182. The van der Waals surface area contributed by atoms with Crippen molar-refractivity contribution in [3.05, 3.63) is 0 Å². The summed E-state index contributed by atoms with van der Waals surface area (Å²) in [4.78, 5) is 11.8.